The van der Waals surface area contributed by atoms with E-state index in [0.29, 0.717) is 12.2 Å². The molecule has 1 heterocycles. The number of hydrogen-bond donors (Lipinski definition) is 7. The number of carbonyl (C=O) groups excluding carboxylic acids is 4. The Bertz CT molecular complexity index is 1170. The van der Waals surface area contributed by atoms with Gasteiger partial charge in [0.25, 0.3) is 0 Å². The van der Waals surface area contributed by atoms with Crippen LogP contribution in [-0.4, -0.2) is 75.9 Å². The van der Waals surface area contributed by atoms with Crippen LogP contribution in [0.15, 0.2) is 30.5 Å². The lowest BCUT2D eigenvalue weighted by molar-refractivity contribution is -0.142. The van der Waals surface area contributed by atoms with Gasteiger partial charge in [-0.2, -0.15) is 11.8 Å². The Balaban J connectivity index is 2.18. The molecule has 0 fully saturated rings. The number of hydrogen-bond acceptors (Lipinski definition) is 7. The van der Waals surface area contributed by atoms with Crippen molar-refractivity contribution in [2.75, 3.05) is 12.0 Å². The lowest BCUT2D eigenvalue weighted by Crippen LogP contribution is -2.59. The van der Waals surface area contributed by atoms with Gasteiger partial charge in [0.1, 0.15) is 18.1 Å². The van der Waals surface area contributed by atoms with Crippen molar-refractivity contribution in [2.24, 2.45) is 17.4 Å². The molecule has 2 aromatic rings. The molecule has 0 radical (unpaired) electrons. The van der Waals surface area contributed by atoms with Gasteiger partial charge in [0.05, 0.1) is 12.5 Å². The van der Waals surface area contributed by atoms with Crippen LogP contribution in [0.4, 0.5) is 0 Å². The predicted octanol–water partition coefficient (Wildman–Crippen LogP) is 0.251. The van der Waals surface area contributed by atoms with Gasteiger partial charge in [-0.15, -0.1) is 0 Å². The normalized spacial score (nSPS) is 15.0. The summed E-state index contributed by atoms with van der Waals surface area (Å²) in [6.45, 7) is 3.60. The Labute approximate surface area is 231 Å². The number of nitrogens with two attached hydrogens (primary N) is 2. The summed E-state index contributed by atoms with van der Waals surface area (Å²) in [4.78, 5) is 65.3. The molecule has 0 saturated heterocycles. The Morgan fingerprint density at radius 2 is 1.69 bits per heavy atom. The summed E-state index contributed by atoms with van der Waals surface area (Å²) < 4.78 is 0. The van der Waals surface area contributed by atoms with E-state index < -0.39 is 53.8 Å². The fraction of sp³-hybridized carbons (Fsp3) is 0.500. The highest BCUT2D eigenvalue weighted by Crippen LogP contribution is 2.19. The van der Waals surface area contributed by atoms with Crippen molar-refractivity contribution < 1.29 is 29.1 Å². The summed E-state index contributed by atoms with van der Waals surface area (Å²) in [5, 5.41) is 18.5. The molecular formula is C26H38N6O6S. The molecule has 214 valence electrons. The van der Waals surface area contributed by atoms with E-state index in [4.69, 9.17) is 11.5 Å². The highest BCUT2D eigenvalue weighted by molar-refractivity contribution is 7.98. The van der Waals surface area contributed by atoms with Gasteiger partial charge < -0.3 is 37.5 Å². The number of carbonyl (C=O) groups is 5. The maximum absolute atomic E-state index is 13.3. The SMILES string of the molecule is CCC(C)C(NC(=O)C(CCSC)NC(=O)C(N)CC(N)=O)C(=O)NC(Cc1c[nH]c2ccccc12)C(=O)O. The quantitative estimate of drug-likeness (QED) is 0.150. The number of fused-ring (bicyclic) bond motifs is 1. The zero-order valence-electron chi connectivity index (χ0n) is 22.4. The molecule has 1 aromatic carbocycles. The number of thioether (sulfide) groups is 1. The first-order valence-corrected chi connectivity index (χ1v) is 14.1. The molecule has 0 aliphatic carbocycles. The summed E-state index contributed by atoms with van der Waals surface area (Å²) in [6.07, 6.45) is 3.97. The van der Waals surface area contributed by atoms with Crippen molar-refractivity contribution in [1.82, 2.24) is 20.9 Å². The van der Waals surface area contributed by atoms with Crippen LogP contribution >= 0.6 is 11.8 Å². The Morgan fingerprint density at radius 1 is 1.03 bits per heavy atom. The number of rotatable bonds is 16. The van der Waals surface area contributed by atoms with Crippen LogP contribution in [0.3, 0.4) is 0 Å². The molecule has 5 unspecified atom stereocenters. The summed E-state index contributed by atoms with van der Waals surface area (Å²) >= 11 is 1.46. The average molecular weight is 563 g/mol. The van der Waals surface area contributed by atoms with E-state index in [2.05, 4.69) is 20.9 Å². The van der Waals surface area contributed by atoms with Crippen LogP contribution in [0, 0.1) is 5.92 Å². The molecule has 4 amide bonds. The standard InChI is InChI=1S/C26H38N6O6S/c1-4-14(2)22(32-24(35)19(9-10-39-3)30-23(34)17(27)12-21(28)33)25(36)31-20(26(37)38)11-15-13-29-18-8-6-5-7-16(15)18/h5-8,13-14,17,19-20,22,29H,4,9-12,27H2,1-3H3,(H2,28,33)(H,30,34)(H,31,36)(H,32,35)(H,37,38). The lowest BCUT2D eigenvalue weighted by atomic mass is 9.96. The van der Waals surface area contributed by atoms with E-state index in [1.165, 1.54) is 11.8 Å². The third-order valence-corrected chi connectivity index (χ3v) is 7.15. The molecule has 39 heavy (non-hydrogen) atoms. The molecule has 1 aromatic heterocycles. The summed E-state index contributed by atoms with van der Waals surface area (Å²) in [7, 11) is 0. The molecule has 2 rings (SSSR count). The molecule has 0 saturated carbocycles. The number of primary amides is 1. The fourth-order valence-electron chi connectivity index (χ4n) is 4.03. The van der Waals surface area contributed by atoms with Crippen LogP contribution in [0.25, 0.3) is 10.9 Å². The number of benzene rings is 1. The van der Waals surface area contributed by atoms with E-state index in [1.807, 2.05) is 37.4 Å². The van der Waals surface area contributed by atoms with E-state index in [1.54, 1.807) is 13.1 Å². The zero-order valence-corrected chi connectivity index (χ0v) is 23.2. The van der Waals surface area contributed by atoms with Gasteiger partial charge in [0.15, 0.2) is 0 Å². The summed E-state index contributed by atoms with van der Waals surface area (Å²) in [5.41, 5.74) is 12.4. The van der Waals surface area contributed by atoms with Gasteiger partial charge in [-0.25, -0.2) is 4.79 Å². The topological polar surface area (TPSA) is 209 Å². The number of carboxylic acids is 1. The van der Waals surface area contributed by atoms with Gasteiger partial charge in [-0.3, -0.25) is 19.2 Å². The van der Waals surface area contributed by atoms with Gasteiger partial charge in [-0.05, 0) is 36.0 Å². The number of aliphatic carboxylic acids is 1. The van der Waals surface area contributed by atoms with E-state index >= 15 is 0 Å². The molecule has 13 heteroatoms. The number of amides is 4. The van der Waals surface area contributed by atoms with Crippen molar-refractivity contribution in [1.29, 1.82) is 0 Å². The molecule has 5 atom stereocenters. The number of aromatic nitrogens is 1. The van der Waals surface area contributed by atoms with Crippen LogP contribution in [0.5, 0.6) is 0 Å². The van der Waals surface area contributed by atoms with E-state index in [-0.39, 0.29) is 25.2 Å². The minimum absolute atomic E-state index is 0.0381. The second-order valence-corrected chi connectivity index (χ2v) is 10.4. The number of aromatic amines is 1. The second-order valence-electron chi connectivity index (χ2n) is 9.45. The first kappa shape index (κ1) is 31.6. The van der Waals surface area contributed by atoms with Gasteiger partial charge >= 0.3 is 5.97 Å². The monoisotopic (exact) mass is 562 g/mol. The van der Waals surface area contributed by atoms with E-state index in [9.17, 15) is 29.1 Å². The molecule has 9 N–H and O–H groups in total. The molecular weight excluding hydrogens is 524 g/mol. The van der Waals surface area contributed by atoms with Crippen molar-refractivity contribution in [3.05, 3.63) is 36.0 Å². The number of H-pyrrole nitrogens is 1. The molecule has 12 nitrogen and oxygen atoms in total. The largest absolute Gasteiger partial charge is 0.480 e. The Kier molecular flexibility index (Phi) is 12.3. The maximum Gasteiger partial charge on any atom is 0.326 e. The minimum atomic E-state index is -1.24. The number of carboxylic acid groups (broad SMARTS) is 1. The first-order valence-electron chi connectivity index (χ1n) is 12.7. The van der Waals surface area contributed by atoms with Crippen LogP contribution in [-0.2, 0) is 30.4 Å². The van der Waals surface area contributed by atoms with Crippen molar-refractivity contribution in [3.8, 4) is 0 Å². The number of para-hydroxylation sites is 1. The Hall–Kier alpha value is -3.58. The van der Waals surface area contributed by atoms with Crippen LogP contribution in [0.2, 0.25) is 0 Å². The molecule has 0 aliphatic rings. The first-order chi connectivity index (χ1) is 18.5. The molecule has 0 aliphatic heterocycles. The highest BCUT2D eigenvalue weighted by atomic mass is 32.2. The van der Waals surface area contributed by atoms with Gasteiger partial charge in [-0.1, -0.05) is 38.5 Å². The summed E-state index contributed by atoms with van der Waals surface area (Å²) in [6, 6.07) is 2.90. The highest BCUT2D eigenvalue weighted by Gasteiger charge is 2.33. The van der Waals surface area contributed by atoms with Crippen LogP contribution < -0.4 is 27.4 Å². The lowest BCUT2D eigenvalue weighted by Gasteiger charge is -2.28. The van der Waals surface area contributed by atoms with Crippen molar-refractivity contribution >= 4 is 52.3 Å². The zero-order chi connectivity index (χ0) is 29.1. The van der Waals surface area contributed by atoms with Crippen molar-refractivity contribution in [3.63, 3.8) is 0 Å². The van der Waals surface area contributed by atoms with Gasteiger partial charge in [0, 0.05) is 23.5 Å². The van der Waals surface area contributed by atoms with E-state index in [0.717, 1.165) is 16.5 Å². The van der Waals surface area contributed by atoms with Crippen LogP contribution in [0.1, 0.15) is 38.7 Å². The summed E-state index contributed by atoms with van der Waals surface area (Å²) in [5.74, 6) is -3.77. The molecule has 0 spiro atoms. The smallest absolute Gasteiger partial charge is 0.326 e. The van der Waals surface area contributed by atoms with Crippen molar-refractivity contribution in [2.45, 2.75) is 63.7 Å². The Morgan fingerprint density at radius 3 is 2.31 bits per heavy atom. The average Bonchev–Trinajstić information content (AvgIpc) is 3.30. The third-order valence-electron chi connectivity index (χ3n) is 6.51. The van der Waals surface area contributed by atoms with Gasteiger partial charge in [0.2, 0.25) is 23.6 Å². The maximum atomic E-state index is 13.3. The molecule has 0 bridgehead atoms. The second kappa shape index (κ2) is 15.1. The number of nitrogens with one attached hydrogen (secondary N) is 4. The minimum Gasteiger partial charge on any atom is -0.480 e. The third kappa shape index (κ3) is 9.29. The fourth-order valence-corrected chi connectivity index (χ4v) is 4.50. The predicted molar refractivity (Wildman–Crippen MR) is 150 cm³/mol.